The molecule has 0 saturated heterocycles. The fourth-order valence-electron chi connectivity index (χ4n) is 15.9. The summed E-state index contributed by atoms with van der Waals surface area (Å²) in [7, 11) is 0. The van der Waals surface area contributed by atoms with Gasteiger partial charge in [-0.2, -0.15) is 0 Å². The number of nitrogens with zero attached hydrogens (tertiary/aromatic N) is 8. The van der Waals surface area contributed by atoms with Crippen molar-refractivity contribution in [2.75, 3.05) is 0 Å². The van der Waals surface area contributed by atoms with Gasteiger partial charge in [0, 0.05) is 129 Å². The summed E-state index contributed by atoms with van der Waals surface area (Å²) in [5.41, 5.74) is 17.4. The van der Waals surface area contributed by atoms with Gasteiger partial charge in [-0.3, -0.25) is 9.13 Å². The molecule has 22 rings (SSSR count). The number of rotatable bonds is 8. The van der Waals surface area contributed by atoms with Gasteiger partial charge in [-0.1, -0.05) is 218 Å². The van der Waals surface area contributed by atoms with Crippen molar-refractivity contribution in [3.63, 3.8) is 0 Å². The van der Waals surface area contributed by atoms with Crippen molar-refractivity contribution in [1.82, 2.24) is 38.2 Å². The van der Waals surface area contributed by atoms with E-state index in [0.717, 1.165) is 78.7 Å². The smallest absolute Gasteiger partial charge is 0.162 e. The molecule has 0 aliphatic carbocycles. The van der Waals surface area contributed by atoms with Crippen LogP contribution in [0, 0.1) is 0 Å². The molecule has 10 heteroatoms. The first-order chi connectivity index (χ1) is 50.6. The fourth-order valence-corrected chi connectivity index (χ4v) is 18.1. The molecule has 8 aromatic heterocycles. The molecule has 0 saturated carbocycles. The molecule has 0 fully saturated rings. The highest BCUT2D eigenvalue weighted by Crippen LogP contribution is 2.47. The summed E-state index contributed by atoms with van der Waals surface area (Å²) >= 11 is 3.64. The molecular weight excluding hydrogens is 1280 g/mol. The van der Waals surface area contributed by atoms with Crippen LogP contribution >= 0.6 is 22.7 Å². The monoisotopic (exact) mass is 1340 g/mol. The lowest BCUT2D eigenvalue weighted by Gasteiger charge is -2.13. The molecule has 476 valence electrons. The Balaban J connectivity index is 0.000000133. The molecule has 102 heavy (non-hydrogen) atoms. The highest BCUT2D eigenvalue weighted by atomic mass is 32.1. The van der Waals surface area contributed by atoms with E-state index in [1.54, 1.807) is 0 Å². The van der Waals surface area contributed by atoms with Crippen molar-refractivity contribution < 1.29 is 0 Å². The van der Waals surface area contributed by atoms with E-state index in [-0.39, 0.29) is 0 Å². The molecule has 0 amide bonds. The molecule has 0 bridgehead atoms. The number of aromatic nitrogens is 8. The second-order valence-electron chi connectivity index (χ2n) is 26.0. The molecule has 0 aliphatic rings. The summed E-state index contributed by atoms with van der Waals surface area (Å²) < 4.78 is 14.5. The van der Waals surface area contributed by atoms with E-state index in [1.807, 2.05) is 28.7 Å². The maximum atomic E-state index is 5.45. The zero-order valence-electron chi connectivity index (χ0n) is 54.7. The summed E-state index contributed by atoms with van der Waals surface area (Å²) in [6.45, 7) is 0. The minimum absolute atomic E-state index is 0.705. The maximum absolute atomic E-state index is 5.45. The Kier molecular flexibility index (Phi) is 13.2. The van der Waals surface area contributed by atoms with Gasteiger partial charge < -0.3 is 9.13 Å². The quantitative estimate of drug-likeness (QED) is 0.152. The van der Waals surface area contributed by atoms with Gasteiger partial charge in [0.25, 0.3) is 0 Å². The normalized spacial score (nSPS) is 11.9. The van der Waals surface area contributed by atoms with Crippen molar-refractivity contribution in [2.24, 2.45) is 0 Å². The van der Waals surface area contributed by atoms with Crippen LogP contribution in [0.3, 0.4) is 0 Å². The van der Waals surface area contributed by atoms with Crippen LogP contribution in [0.5, 0.6) is 0 Å². The molecule has 0 radical (unpaired) electrons. The Bertz CT molecular complexity index is 7120. The number of fused-ring (bicyclic) bond motifs is 20. The number of hydrogen-bond acceptors (Lipinski definition) is 6. The van der Waals surface area contributed by atoms with Crippen LogP contribution in [0.2, 0.25) is 0 Å². The first kappa shape index (κ1) is 57.9. The third kappa shape index (κ3) is 9.06. The predicted octanol–water partition coefficient (Wildman–Crippen LogP) is 24.7. The summed E-state index contributed by atoms with van der Waals surface area (Å²) in [5, 5.41) is 14.7. The predicted molar refractivity (Wildman–Crippen MR) is 429 cm³/mol. The highest BCUT2D eigenvalue weighted by Gasteiger charge is 2.26. The standard InChI is InChI=1S/2C46H28N4S/c1-3-14-29(15-4-1)35-28-42(48-46(47-35)34-21-13-25-41-43(34)33-20-9-12-24-40(33)51-41)50-37-23-11-8-19-32(37)45-39(50)27-26-38-44(45)31-18-7-10-22-36(31)49(38)30-16-5-2-6-17-30;1-3-13-29(14-4-1)36-28-43(48-46(47-36)30-23-26-42-35(27-30)32-17-9-12-22-41(32)51-42)50-38-21-11-8-19-34(38)45-40(50)25-24-39-44(45)33-18-7-10-20-37(33)49(39)31-15-5-2-6-16-31/h2*1-28H. The van der Waals surface area contributed by atoms with Crippen molar-refractivity contribution in [3.8, 4) is 68.3 Å². The Labute approximate surface area is 592 Å². The lowest BCUT2D eigenvalue weighted by molar-refractivity contribution is 1.05. The zero-order chi connectivity index (χ0) is 66.9. The summed E-state index contributed by atoms with van der Waals surface area (Å²) in [6.07, 6.45) is 0. The van der Waals surface area contributed by atoms with E-state index in [0.29, 0.717) is 11.6 Å². The summed E-state index contributed by atoms with van der Waals surface area (Å²) in [4.78, 5) is 21.3. The third-order valence-electron chi connectivity index (χ3n) is 20.3. The van der Waals surface area contributed by atoms with Crippen LogP contribution in [0.15, 0.2) is 340 Å². The number of benzene rings is 14. The second kappa shape index (κ2) is 23.3. The number of hydrogen-bond donors (Lipinski definition) is 0. The molecule has 0 unspecified atom stereocenters. The minimum atomic E-state index is 0.705. The molecular formula is C92H56N8S2. The van der Waals surface area contributed by atoms with E-state index < -0.39 is 0 Å². The van der Waals surface area contributed by atoms with Crippen molar-refractivity contribution >= 4 is 150 Å². The van der Waals surface area contributed by atoms with Crippen LogP contribution in [0.4, 0.5) is 0 Å². The number of thiophene rings is 2. The minimum Gasteiger partial charge on any atom is -0.309 e. The lowest BCUT2D eigenvalue weighted by Crippen LogP contribution is -2.02. The van der Waals surface area contributed by atoms with Gasteiger partial charge in [0.05, 0.1) is 55.5 Å². The fraction of sp³-hybridized carbons (Fsp3) is 0. The average molecular weight is 1340 g/mol. The van der Waals surface area contributed by atoms with E-state index in [9.17, 15) is 0 Å². The van der Waals surface area contributed by atoms with Gasteiger partial charge in [-0.15, -0.1) is 22.7 Å². The molecule has 0 N–H and O–H groups in total. The SMILES string of the molecule is c1ccc(-c2cc(-n3c4ccccc4c4c5c6ccccc6n(-c6ccccc6)c5ccc43)nc(-c3ccc4sc5ccccc5c4c3)n2)cc1.c1ccc(-c2cc(-n3c4ccccc4c4c5c6ccccc6n(-c6ccccc6)c5ccc43)nc(-c3cccc4sc5ccccc5c34)n2)cc1. The topological polar surface area (TPSA) is 71.3 Å². The lowest BCUT2D eigenvalue weighted by atomic mass is 10.1. The highest BCUT2D eigenvalue weighted by molar-refractivity contribution is 7.26. The van der Waals surface area contributed by atoms with E-state index in [1.165, 1.54) is 106 Å². The Morgan fingerprint density at radius 2 is 0.569 bits per heavy atom. The van der Waals surface area contributed by atoms with Gasteiger partial charge in [0.2, 0.25) is 0 Å². The van der Waals surface area contributed by atoms with Crippen LogP contribution < -0.4 is 0 Å². The summed E-state index contributed by atoms with van der Waals surface area (Å²) in [6, 6.07) is 121. The average Bonchev–Trinajstić information content (AvgIpc) is 1.55. The molecule has 0 spiro atoms. The molecule has 8 heterocycles. The van der Waals surface area contributed by atoms with Crippen molar-refractivity contribution in [1.29, 1.82) is 0 Å². The van der Waals surface area contributed by atoms with Gasteiger partial charge in [0.15, 0.2) is 11.6 Å². The third-order valence-corrected chi connectivity index (χ3v) is 22.6. The molecule has 14 aromatic carbocycles. The first-order valence-corrected chi connectivity index (χ1v) is 36.0. The van der Waals surface area contributed by atoms with Gasteiger partial charge in [0.1, 0.15) is 11.6 Å². The second-order valence-corrected chi connectivity index (χ2v) is 28.1. The van der Waals surface area contributed by atoms with Gasteiger partial charge in [-0.25, -0.2) is 19.9 Å². The largest absolute Gasteiger partial charge is 0.309 e. The van der Waals surface area contributed by atoms with Crippen LogP contribution in [-0.2, 0) is 0 Å². The van der Waals surface area contributed by atoms with Crippen molar-refractivity contribution in [3.05, 3.63) is 340 Å². The Morgan fingerprint density at radius 1 is 0.206 bits per heavy atom. The molecule has 22 aromatic rings. The Hall–Kier alpha value is -13.1. The van der Waals surface area contributed by atoms with Gasteiger partial charge >= 0.3 is 0 Å². The number of para-hydroxylation sites is 6. The molecule has 0 atom stereocenters. The van der Waals surface area contributed by atoms with Crippen LogP contribution in [0.1, 0.15) is 0 Å². The van der Waals surface area contributed by atoms with E-state index >= 15 is 0 Å². The molecule has 8 nitrogen and oxygen atoms in total. The van der Waals surface area contributed by atoms with E-state index in [4.69, 9.17) is 19.9 Å². The van der Waals surface area contributed by atoms with E-state index in [2.05, 4.69) is 352 Å². The maximum Gasteiger partial charge on any atom is 0.162 e. The summed E-state index contributed by atoms with van der Waals surface area (Å²) in [5.74, 6) is 3.10. The first-order valence-electron chi connectivity index (χ1n) is 34.4. The van der Waals surface area contributed by atoms with Gasteiger partial charge in [-0.05, 0) is 109 Å². The Morgan fingerprint density at radius 3 is 1.07 bits per heavy atom. The van der Waals surface area contributed by atoms with Crippen LogP contribution in [0.25, 0.3) is 196 Å². The van der Waals surface area contributed by atoms with Crippen LogP contribution in [-0.4, -0.2) is 38.2 Å². The van der Waals surface area contributed by atoms with Crippen molar-refractivity contribution in [2.45, 2.75) is 0 Å². The molecule has 0 aliphatic heterocycles. The zero-order valence-corrected chi connectivity index (χ0v) is 56.4.